The second-order valence-corrected chi connectivity index (χ2v) is 9.00. The molecule has 1 heterocycles. The van der Waals surface area contributed by atoms with Crippen LogP contribution in [0.3, 0.4) is 0 Å². The number of hydrogen-bond donors (Lipinski definition) is 2. The summed E-state index contributed by atoms with van der Waals surface area (Å²) >= 11 is 0. The summed E-state index contributed by atoms with van der Waals surface area (Å²) in [6, 6.07) is 11.4. The Labute approximate surface area is 192 Å². The van der Waals surface area contributed by atoms with Crippen molar-refractivity contribution in [2.24, 2.45) is 10.9 Å². The molecule has 7 nitrogen and oxygen atoms in total. The molecular weight excluding hydrogens is 455 g/mol. The predicted molar refractivity (Wildman–Crippen MR) is 127 cm³/mol. The van der Waals surface area contributed by atoms with E-state index in [0.29, 0.717) is 27.6 Å². The minimum absolute atomic E-state index is 0. The van der Waals surface area contributed by atoms with E-state index in [4.69, 9.17) is 10.9 Å². The normalized spacial score (nSPS) is 12.0. The number of fused-ring (bicyclic) bond motifs is 1. The molecule has 0 unspecified atom stereocenters. The quantitative estimate of drug-likeness (QED) is 0.564. The number of sulfonamides is 1. The Morgan fingerprint density at radius 1 is 1.19 bits per heavy atom. The number of rotatable bonds is 6. The summed E-state index contributed by atoms with van der Waals surface area (Å²) in [5, 5.41) is 6.01. The van der Waals surface area contributed by atoms with Crippen molar-refractivity contribution in [1.82, 2.24) is 9.47 Å². The predicted octanol–water partition coefficient (Wildman–Crippen LogP) is 3.20. The van der Waals surface area contributed by atoms with E-state index in [1.165, 1.54) is 23.1 Å². The summed E-state index contributed by atoms with van der Waals surface area (Å²) in [6.45, 7) is 1.87. The molecule has 32 heavy (non-hydrogen) atoms. The first-order valence-electron chi connectivity index (χ1n) is 9.57. The maximum Gasteiger partial charge on any atom is 0.253 e. The highest BCUT2D eigenvalue weighted by Crippen LogP contribution is 2.36. The molecule has 172 valence electrons. The fourth-order valence-electron chi connectivity index (χ4n) is 3.61. The van der Waals surface area contributed by atoms with Gasteiger partial charge in [0.25, 0.3) is 5.91 Å². The summed E-state index contributed by atoms with van der Waals surface area (Å²) in [5.74, 6) is -0.563. The van der Waals surface area contributed by atoms with E-state index in [1.807, 2.05) is 6.92 Å². The molecule has 2 aromatic carbocycles. The number of nitrogens with two attached hydrogens (primary N) is 2. The van der Waals surface area contributed by atoms with Crippen LogP contribution in [0.1, 0.15) is 16.1 Å². The number of amides is 1. The number of hydrogen-bond acceptors (Lipinski definition) is 4. The van der Waals surface area contributed by atoms with Crippen LogP contribution in [-0.4, -0.2) is 44.4 Å². The van der Waals surface area contributed by atoms with Crippen molar-refractivity contribution >= 4 is 39.2 Å². The first-order valence-corrected chi connectivity index (χ1v) is 11.1. The van der Waals surface area contributed by atoms with Gasteiger partial charge in [-0.2, -0.15) is 0 Å². The Morgan fingerprint density at radius 3 is 2.47 bits per heavy atom. The van der Waals surface area contributed by atoms with Crippen LogP contribution in [0.2, 0.25) is 0 Å². The van der Waals surface area contributed by atoms with Crippen molar-refractivity contribution in [3.8, 4) is 11.1 Å². The highest BCUT2D eigenvalue weighted by Gasteiger charge is 2.20. The van der Waals surface area contributed by atoms with Crippen LogP contribution in [0.4, 0.5) is 4.39 Å². The molecule has 4 N–H and O–H groups in total. The molecule has 0 radical (unpaired) electrons. The molecule has 3 rings (SSSR count). The summed E-state index contributed by atoms with van der Waals surface area (Å²) in [5.41, 5.74) is 8.64. The second kappa shape index (κ2) is 9.83. The van der Waals surface area contributed by atoms with Crippen LogP contribution < -0.4 is 10.9 Å². The monoisotopic (exact) mass is 480 g/mol. The Morgan fingerprint density at radius 2 is 1.88 bits per heavy atom. The molecule has 0 atom stereocenters. The van der Waals surface area contributed by atoms with Crippen molar-refractivity contribution in [3.63, 3.8) is 0 Å². The van der Waals surface area contributed by atoms with Gasteiger partial charge in [0, 0.05) is 48.4 Å². The molecular formula is C22H26ClFN4O3S. The third-order valence-electron chi connectivity index (χ3n) is 5.08. The van der Waals surface area contributed by atoms with Gasteiger partial charge >= 0.3 is 0 Å². The van der Waals surface area contributed by atoms with Crippen LogP contribution in [-0.2, 0) is 16.6 Å². The molecule has 0 spiro atoms. The zero-order valence-electron chi connectivity index (χ0n) is 18.0. The molecule has 10 heteroatoms. The molecule has 0 aliphatic heterocycles. The third-order valence-corrected chi connectivity index (χ3v) is 5.99. The largest absolute Gasteiger partial charge is 0.345 e. The van der Waals surface area contributed by atoms with E-state index in [1.54, 1.807) is 49.0 Å². The van der Waals surface area contributed by atoms with Gasteiger partial charge in [0.05, 0.1) is 11.4 Å². The minimum Gasteiger partial charge on any atom is -0.345 e. The molecule has 1 aromatic heterocycles. The molecule has 0 bridgehead atoms. The Kier molecular flexibility index (Phi) is 7.84. The van der Waals surface area contributed by atoms with Crippen LogP contribution in [0.15, 0.2) is 59.3 Å². The lowest BCUT2D eigenvalue weighted by molar-refractivity contribution is 0.0827. The standard InChI is InChI=1S/C22H25FN4O3S.ClH/c1-14-21(15-5-4-6-18(11-15)31(25,29)30)19-12-16(22(28)26(2)3)7-8-20(19)27(14)13-17(23)9-10-24;/h4-9,11-12H,10,13,24H2,1-3H3,(H2,25,29,30);1H/b17-9-;. The third kappa shape index (κ3) is 5.02. The van der Waals surface area contributed by atoms with Crippen LogP contribution in [0, 0.1) is 6.92 Å². The lowest BCUT2D eigenvalue weighted by Gasteiger charge is -2.11. The molecule has 0 fully saturated rings. The van der Waals surface area contributed by atoms with Gasteiger partial charge in [0.15, 0.2) is 0 Å². The first-order chi connectivity index (χ1) is 14.5. The van der Waals surface area contributed by atoms with E-state index in [2.05, 4.69) is 0 Å². The Hall–Kier alpha value is -2.72. The average molecular weight is 481 g/mol. The van der Waals surface area contributed by atoms with Gasteiger partial charge in [-0.1, -0.05) is 12.1 Å². The van der Waals surface area contributed by atoms with Crippen molar-refractivity contribution in [3.05, 3.63) is 65.6 Å². The number of nitrogens with zero attached hydrogens (tertiary/aromatic N) is 2. The molecule has 0 aliphatic carbocycles. The van der Waals surface area contributed by atoms with Gasteiger partial charge in [-0.3, -0.25) is 4.79 Å². The first kappa shape index (κ1) is 25.5. The molecule has 0 saturated heterocycles. The van der Waals surface area contributed by atoms with Gasteiger partial charge in [0.2, 0.25) is 10.0 Å². The lowest BCUT2D eigenvalue weighted by Crippen LogP contribution is -2.21. The summed E-state index contributed by atoms with van der Waals surface area (Å²) in [4.78, 5) is 14.0. The highest BCUT2D eigenvalue weighted by molar-refractivity contribution is 7.89. The van der Waals surface area contributed by atoms with Gasteiger partial charge in [0.1, 0.15) is 5.83 Å². The molecule has 3 aromatic rings. The van der Waals surface area contributed by atoms with Crippen LogP contribution >= 0.6 is 12.4 Å². The van der Waals surface area contributed by atoms with Crippen molar-refractivity contribution in [2.45, 2.75) is 18.4 Å². The highest BCUT2D eigenvalue weighted by atomic mass is 35.5. The van der Waals surface area contributed by atoms with E-state index in [0.717, 1.165) is 5.69 Å². The van der Waals surface area contributed by atoms with Crippen molar-refractivity contribution < 1.29 is 17.6 Å². The fourth-order valence-corrected chi connectivity index (χ4v) is 4.17. The lowest BCUT2D eigenvalue weighted by atomic mass is 10.0. The number of carbonyl (C=O) groups excluding carboxylic acids is 1. The number of carbonyl (C=O) groups is 1. The van der Waals surface area contributed by atoms with E-state index < -0.39 is 10.0 Å². The van der Waals surface area contributed by atoms with Gasteiger partial charge in [-0.05, 0) is 48.9 Å². The van der Waals surface area contributed by atoms with Crippen LogP contribution in [0.5, 0.6) is 0 Å². The summed E-state index contributed by atoms with van der Waals surface area (Å²) < 4.78 is 39.8. The molecule has 0 aliphatic rings. The second-order valence-electron chi connectivity index (χ2n) is 7.44. The maximum atomic E-state index is 14.3. The zero-order valence-corrected chi connectivity index (χ0v) is 19.6. The van der Waals surface area contributed by atoms with Crippen LogP contribution in [0.25, 0.3) is 22.0 Å². The fraction of sp³-hybridized carbons (Fsp3) is 0.227. The number of primary sulfonamides is 1. The van der Waals surface area contributed by atoms with E-state index in [9.17, 15) is 17.6 Å². The molecule has 1 amide bonds. The number of benzene rings is 2. The number of allylic oxidation sites excluding steroid dienone is 1. The Balaban J connectivity index is 0.00000363. The average Bonchev–Trinajstić information content (AvgIpc) is 2.97. The van der Waals surface area contributed by atoms with Gasteiger partial charge in [-0.15, -0.1) is 12.4 Å². The SMILES string of the molecule is Cc1c(-c2cccc(S(N)(=O)=O)c2)c2cc(C(=O)N(C)C)ccc2n1C/C(F)=C/CN.Cl. The summed E-state index contributed by atoms with van der Waals surface area (Å²) in [7, 11) is -0.584. The van der Waals surface area contributed by atoms with E-state index >= 15 is 0 Å². The van der Waals surface area contributed by atoms with Gasteiger partial charge < -0.3 is 15.2 Å². The number of aromatic nitrogens is 1. The van der Waals surface area contributed by atoms with Crippen molar-refractivity contribution in [2.75, 3.05) is 20.6 Å². The zero-order chi connectivity index (χ0) is 22.9. The topological polar surface area (TPSA) is 111 Å². The maximum absolute atomic E-state index is 14.3. The van der Waals surface area contributed by atoms with Crippen molar-refractivity contribution in [1.29, 1.82) is 0 Å². The number of halogens is 2. The smallest absolute Gasteiger partial charge is 0.253 e. The summed E-state index contributed by atoms with van der Waals surface area (Å²) in [6.07, 6.45) is 1.30. The van der Waals surface area contributed by atoms with Gasteiger partial charge in [-0.25, -0.2) is 17.9 Å². The van der Waals surface area contributed by atoms with E-state index in [-0.39, 0.29) is 42.1 Å². The molecule has 0 saturated carbocycles. The Bertz CT molecular complexity index is 1300. The minimum atomic E-state index is -3.90.